The minimum absolute atomic E-state index is 0.226. The Morgan fingerprint density at radius 1 is 1.33 bits per heavy atom. The summed E-state index contributed by atoms with van der Waals surface area (Å²) in [5.41, 5.74) is -0.226. The van der Waals surface area contributed by atoms with Gasteiger partial charge in [0.25, 0.3) is 10.1 Å². The van der Waals surface area contributed by atoms with Crippen molar-refractivity contribution >= 4 is 10.1 Å². The molecule has 0 N–H and O–H groups in total. The summed E-state index contributed by atoms with van der Waals surface area (Å²) in [4.78, 5) is 0. The zero-order valence-corrected chi connectivity index (χ0v) is 11.5. The highest BCUT2D eigenvalue weighted by Gasteiger charge is 2.60. The molecular weight excluding hydrogens is 252 g/mol. The van der Waals surface area contributed by atoms with Gasteiger partial charge in [-0.15, -0.1) is 6.58 Å². The standard InChI is InChI=1S/C13H20O4S/c1-3-4-12-6-10-5-11(7-12)9-13(8-10,16-12)17-18(2,14)15/h3,10-11H,1,4-9H2,2H3/t10-,11+,12?,13?. The van der Waals surface area contributed by atoms with Gasteiger partial charge in [0.1, 0.15) is 0 Å². The van der Waals surface area contributed by atoms with Crippen molar-refractivity contribution in [2.45, 2.75) is 49.9 Å². The van der Waals surface area contributed by atoms with Crippen molar-refractivity contribution in [3.8, 4) is 0 Å². The Kier molecular flexibility index (Phi) is 2.67. The van der Waals surface area contributed by atoms with E-state index in [4.69, 9.17) is 8.92 Å². The molecule has 0 radical (unpaired) electrons. The molecule has 2 unspecified atom stereocenters. The van der Waals surface area contributed by atoms with E-state index in [0.717, 1.165) is 38.4 Å². The SMILES string of the molecule is C=CCC12C[C@H]3C[C@@H](C1)CC(OS(C)(=O)=O)(C3)O2. The Labute approximate surface area is 108 Å². The van der Waals surface area contributed by atoms with Crippen molar-refractivity contribution in [3.05, 3.63) is 12.7 Å². The van der Waals surface area contributed by atoms with Crippen LogP contribution < -0.4 is 0 Å². The van der Waals surface area contributed by atoms with Crippen LogP contribution in [-0.4, -0.2) is 26.1 Å². The molecule has 4 bridgehead atoms. The smallest absolute Gasteiger partial charge is 0.267 e. The van der Waals surface area contributed by atoms with Crippen LogP contribution in [0.15, 0.2) is 12.7 Å². The molecular formula is C13H20O4S. The third-order valence-electron chi connectivity index (χ3n) is 4.41. The molecule has 0 aromatic rings. The molecule has 4 aliphatic rings. The van der Waals surface area contributed by atoms with Gasteiger partial charge in [-0.3, -0.25) is 0 Å². The van der Waals surface area contributed by atoms with Crippen LogP contribution in [0.2, 0.25) is 0 Å². The number of rotatable bonds is 4. The largest absolute Gasteiger partial charge is 0.342 e. The van der Waals surface area contributed by atoms with Crippen molar-refractivity contribution in [3.63, 3.8) is 0 Å². The topological polar surface area (TPSA) is 52.6 Å². The van der Waals surface area contributed by atoms with Gasteiger partial charge in [0.2, 0.25) is 0 Å². The Morgan fingerprint density at radius 2 is 1.94 bits per heavy atom. The second-order valence-electron chi connectivity index (χ2n) is 6.26. The molecule has 2 aliphatic heterocycles. The van der Waals surface area contributed by atoms with E-state index in [2.05, 4.69) is 6.58 Å². The van der Waals surface area contributed by atoms with Crippen molar-refractivity contribution in [1.29, 1.82) is 0 Å². The summed E-state index contributed by atoms with van der Waals surface area (Å²) in [6.07, 6.45) is 8.43. The monoisotopic (exact) mass is 272 g/mol. The summed E-state index contributed by atoms with van der Waals surface area (Å²) in [5, 5.41) is 0. The molecule has 0 spiro atoms. The second kappa shape index (κ2) is 3.81. The molecule has 0 aromatic heterocycles. The van der Waals surface area contributed by atoms with Crippen molar-refractivity contribution in [1.82, 2.24) is 0 Å². The summed E-state index contributed by atoms with van der Waals surface area (Å²) in [7, 11) is -3.48. The highest BCUT2D eigenvalue weighted by Crippen LogP contribution is 2.59. The average molecular weight is 272 g/mol. The van der Waals surface area contributed by atoms with E-state index in [0.29, 0.717) is 11.8 Å². The second-order valence-corrected chi connectivity index (χ2v) is 7.84. The van der Waals surface area contributed by atoms with Crippen LogP contribution >= 0.6 is 0 Å². The summed E-state index contributed by atoms with van der Waals surface area (Å²) in [5.74, 6) is 0.182. The fourth-order valence-electron chi connectivity index (χ4n) is 4.44. The van der Waals surface area contributed by atoms with Gasteiger partial charge >= 0.3 is 0 Å². The molecule has 2 saturated carbocycles. The lowest BCUT2D eigenvalue weighted by Gasteiger charge is -2.60. The maximum atomic E-state index is 11.5. The van der Waals surface area contributed by atoms with Crippen molar-refractivity contribution in [2.24, 2.45) is 11.8 Å². The van der Waals surface area contributed by atoms with Crippen LogP contribution in [0.4, 0.5) is 0 Å². The predicted octanol–water partition coefficient (Wildman–Crippen LogP) is 2.21. The Balaban J connectivity index is 1.91. The molecule has 4 rings (SSSR count). The Morgan fingerprint density at radius 3 is 2.44 bits per heavy atom. The van der Waals surface area contributed by atoms with Gasteiger partial charge in [-0.25, -0.2) is 4.18 Å². The van der Waals surface area contributed by atoms with Crippen LogP contribution in [-0.2, 0) is 19.0 Å². The highest BCUT2D eigenvalue weighted by molar-refractivity contribution is 7.86. The lowest BCUT2D eigenvalue weighted by atomic mass is 9.60. The molecule has 4 nitrogen and oxygen atoms in total. The fourth-order valence-corrected chi connectivity index (χ4v) is 5.16. The van der Waals surface area contributed by atoms with Crippen LogP contribution in [0.3, 0.4) is 0 Å². The van der Waals surface area contributed by atoms with Crippen molar-refractivity contribution < 1.29 is 17.3 Å². The molecule has 2 heterocycles. The first-order valence-electron chi connectivity index (χ1n) is 6.55. The minimum Gasteiger partial charge on any atom is -0.342 e. The molecule has 18 heavy (non-hydrogen) atoms. The van der Waals surface area contributed by atoms with Crippen LogP contribution in [0.1, 0.15) is 38.5 Å². The quantitative estimate of drug-likeness (QED) is 0.581. The maximum Gasteiger partial charge on any atom is 0.267 e. The molecule has 2 saturated heterocycles. The van der Waals surface area contributed by atoms with E-state index < -0.39 is 15.9 Å². The summed E-state index contributed by atoms with van der Waals surface area (Å²) >= 11 is 0. The van der Waals surface area contributed by atoms with E-state index in [1.165, 1.54) is 6.42 Å². The normalized spacial score (nSPS) is 46.3. The lowest BCUT2D eigenvalue weighted by Crippen LogP contribution is -2.62. The zero-order chi connectivity index (χ0) is 13.0. The lowest BCUT2D eigenvalue weighted by molar-refractivity contribution is -0.340. The fraction of sp³-hybridized carbons (Fsp3) is 0.846. The molecule has 0 amide bonds. The molecule has 5 heteroatoms. The third-order valence-corrected chi connectivity index (χ3v) is 5.02. The van der Waals surface area contributed by atoms with Gasteiger partial charge in [0.15, 0.2) is 5.79 Å². The van der Waals surface area contributed by atoms with Crippen LogP contribution in [0.25, 0.3) is 0 Å². The first kappa shape index (κ1) is 12.6. The molecule has 4 fully saturated rings. The van der Waals surface area contributed by atoms with Crippen molar-refractivity contribution in [2.75, 3.05) is 6.26 Å². The Hall–Kier alpha value is -0.390. The van der Waals surface area contributed by atoms with E-state index in [9.17, 15) is 8.42 Å². The zero-order valence-electron chi connectivity index (χ0n) is 10.7. The molecule has 0 aromatic carbocycles. The van der Waals surface area contributed by atoms with Crippen LogP contribution in [0.5, 0.6) is 0 Å². The first-order chi connectivity index (χ1) is 8.34. The van der Waals surface area contributed by atoms with Gasteiger partial charge in [-0.1, -0.05) is 6.08 Å². The van der Waals surface area contributed by atoms with Crippen LogP contribution in [0, 0.1) is 11.8 Å². The molecule has 102 valence electrons. The van der Waals surface area contributed by atoms with E-state index in [1.807, 2.05) is 6.08 Å². The number of hydrogen-bond donors (Lipinski definition) is 0. The van der Waals surface area contributed by atoms with Gasteiger partial charge in [0, 0.05) is 12.8 Å². The van der Waals surface area contributed by atoms with Gasteiger partial charge < -0.3 is 4.74 Å². The van der Waals surface area contributed by atoms with Gasteiger partial charge in [0.05, 0.1) is 11.9 Å². The predicted molar refractivity (Wildman–Crippen MR) is 67.4 cm³/mol. The summed E-state index contributed by atoms with van der Waals surface area (Å²) in [6, 6.07) is 0. The molecule has 4 atom stereocenters. The Bertz CT molecular complexity index is 453. The summed E-state index contributed by atoms with van der Waals surface area (Å²) in [6.45, 7) is 3.80. The van der Waals surface area contributed by atoms with Gasteiger partial charge in [-0.2, -0.15) is 8.42 Å². The van der Waals surface area contributed by atoms with E-state index in [-0.39, 0.29) is 5.60 Å². The highest BCUT2D eigenvalue weighted by atomic mass is 32.2. The maximum absolute atomic E-state index is 11.5. The summed E-state index contributed by atoms with van der Waals surface area (Å²) < 4.78 is 34.4. The molecule has 2 aliphatic carbocycles. The number of hydrogen-bond acceptors (Lipinski definition) is 4. The minimum atomic E-state index is -3.48. The van der Waals surface area contributed by atoms with E-state index in [1.54, 1.807) is 0 Å². The average Bonchev–Trinajstić information content (AvgIpc) is 2.09. The van der Waals surface area contributed by atoms with E-state index >= 15 is 0 Å². The first-order valence-corrected chi connectivity index (χ1v) is 8.37. The third kappa shape index (κ3) is 2.12. The number of ether oxygens (including phenoxy) is 1. The van der Waals surface area contributed by atoms with Gasteiger partial charge in [-0.05, 0) is 37.5 Å².